The van der Waals surface area contributed by atoms with Crippen LogP contribution in [0.25, 0.3) is 0 Å². The minimum atomic E-state index is -4.51. The number of benzene rings is 2. The number of carbonyl (C=O) groups excluding carboxylic acids is 2. The van der Waals surface area contributed by atoms with Crippen molar-refractivity contribution >= 4 is 23.2 Å². The molecular formula is C17H15F3N2O3. The van der Waals surface area contributed by atoms with Crippen molar-refractivity contribution in [3.8, 4) is 5.75 Å². The average Bonchev–Trinajstić information content (AvgIpc) is 2.54. The van der Waals surface area contributed by atoms with Crippen LogP contribution in [0.2, 0.25) is 0 Å². The van der Waals surface area contributed by atoms with Gasteiger partial charge in [0.2, 0.25) is 11.8 Å². The largest absolute Gasteiger partial charge is 0.497 e. The lowest BCUT2D eigenvalue weighted by atomic mass is 10.2. The summed E-state index contributed by atoms with van der Waals surface area (Å²) in [5, 5.41) is 4.78. The second-order valence-electron chi connectivity index (χ2n) is 5.08. The molecule has 0 fully saturated rings. The maximum Gasteiger partial charge on any atom is 0.416 e. The number of ether oxygens (including phenoxy) is 1. The van der Waals surface area contributed by atoms with Crippen molar-refractivity contribution < 1.29 is 27.5 Å². The van der Waals surface area contributed by atoms with Crippen molar-refractivity contribution in [3.05, 3.63) is 54.1 Å². The molecule has 0 aliphatic heterocycles. The molecule has 2 N–H and O–H groups in total. The van der Waals surface area contributed by atoms with Crippen LogP contribution in [0.4, 0.5) is 24.5 Å². The molecular weight excluding hydrogens is 337 g/mol. The van der Waals surface area contributed by atoms with Gasteiger partial charge in [0.1, 0.15) is 12.2 Å². The molecule has 132 valence electrons. The number of anilines is 2. The first kappa shape index (κ1) is 18.3. The van der Waals surface area contributed by atoms with Gasteiger partial charge < -0.3 is 15.4 Å². The molecule has 0 radical (unpaired) electrons. The maximum atomic E-state index is 12.6. The second-order valence-corrected chi connectivity index (χ2v) is 5.08. The summed E-state index contributed by atoms with van der Waals surface area (Å²) in [5.74, 6) is -0.788. The SMILES string of the molecule is COc1cccc(NC(=O)CC(=O)Nc2cccc(C(F)(F)F)c2)c1. The first-order valence-corrected chi connectivity index (χ1v) is 7.19. The van der Waals surface area contributed by atoms with E-state index in [1.165, 1.54) is 19.2 Å². The van der Waals surface area contributed by atoms with Gasteiger partial charge in [-0.2, -0.15) is 13.2 Å². The van der Waals surface area contributed by atoms with Crippen molar-refractivity contribution in [2.24, 2.45) is 0 Å². The fourth-order valence-corrected chi connectivity index (χ4v) is 2.03. The van der Waals surface area contributed by atoms with Crippen molar-refractivity contribution in [2.75, 3.05) is 17.7 Å². The molecule has 0 heterocycles. The van der Waals surface area contributed by atoms with E-state index in [2.05, 4.69) is 10.6 Å². The number of halogens is 3. The van der Waals surface area contributed by atoms with E-state index in [-0.39, 0.29) is 5.69 Å². The minimum Gasteiger partial charge on any atom is -0.497 e. The Morgan fingerprint density at radius 3 is 2.08 bits per heavy atom. The smallest absolute Gasteiger partial charge is 0.416 e. The molecule has 25 heavy (non-hydrogen) atoms. The van der Waals surface area contributed by atoms with Crippen LogP contribution >= 0.6 is 0 Å². The summed E-state index contributed by atoms with van der Waals surface area (Å²) >= 11 is 0. The van der Waals surface area contributed by atoms with Crippen molar-refractivity contribution in [3.63, 3.8) is 0 Å². The average molecular weight is 352 g/mol. The Hall–Kier alpha value is -3.03. The van der Waals surface area contributed by atoms with E-state index < -0.39 is 30.0 Å². The molecule has 0 aliphatic rings. The van der Waals surface area contributed by atoms with Gasteiger partial charge in [0.25, 0.3) is 0 Å². The Morgan fingerprint density at radius 2 is 1.52 bits per heavy atom. The fraction of sp³-hybridized carbons (Fsp3) is 0.176. The van der Waals surface area contributed by atoms with E-state index in [9.17, 15) is 22.8 Å². The molecule has 8 heteroatoms. The Balaban J connectivity index is 1.94. The topological polar surface area (TPSA) is 67.4 Å². The maximum absolute atomic E-state index is 12.6. The predicted octanol–water partition coefficient (Wildman–Crippen LogP) is 3.68. The Kier molecular flexibility index (Phi) is 5.63. The Labute approximate surface area is 141 Å². The van der Waals surface area contributed by atoms with Crippen LogP contribution in [0.1, 0.15) is 12.0 Å². The van der Waals surface area contributed by atoms with Gasteiger partial charge >= 0.3 is 6.18 Å². The molecule has 2 amide bonds. The van der Waals surface area contributed by atoms with Crippen LogP contribution in [0, 0.1) is 0 Å². The van der Waals surface area contributed by atoms with E-state index in [1.807, 2.05) is 0 Å². The summed E-state index contributed by atoms with van der Waals surface area (Å²) in [7, 11) is 1.48. The fourth-order valence-electron chi connectivity index (χ4n) is 2.03. The summed E-state index contributed by atoms with van der Waals surface area (Å²) < 4.78 is 42.9. The molecule has 0 aromatic heterocycles. The van der Waals surface area contributed by atoms with Crippen molar-refractivity contribution in [1.29, 1.82) is 0 Å². The van der Waals surface area contributed by atoms with Crippen LogP contribution in [0.3, 0.4) is 0 Å². The predicted molar refractivity (Wildman–Crippen MR) is 86.3 cm³/mol. The summed E-state index contributed by atoms with van der Waals surface area (Å²) in [5.41, 5.74) is -0.476. The Morgan fingerprint density at radius 1 is 0.960 bits per heavy atom. The van der Waals surface area contributed by atoms with Gasteiger partial charge in [-0.05, 0) is 30.3 Å². The highest BCUT2D eigenvalue weighted by Crippen LogP contribution is 2.30. The van der Waals surface area contributed by atoms with E-state index in [0.29, 0.717) is 11.4 Å². The highest BCUT2D eigenvalue weighted by Gasteiger charge is 2.30. The summed E-state index contributed by atoms with van der Waals surface area (Å²) in [4.78, 5) is 23.7. The van der Waals surface area contributed by atoms with E-state index in [0.717, 1.165) is 12.1 Å². The highest BCUT2D eigenvalue weighted by atomic mass is 19.4. The van der Waals surface area contributed by atoms with Crippen molar-refractivity contribution in [2.45, 2.75) is 12.6 Å². The number of hydrogen-bond donors (Lipinski definition) is 2. The first-order valence-electron chi connectivity index (χ1n) is 7.19. The zero-order valence-electron chi connectivity index (χ0n) is 13.2. The number of carbonyl (C=O) groups is 2. The molecule has 0 saturated carbocycles. The molecule has 0 unspecified atom stereocenters. The lowest BCUT2D eigenvalue weighted by Crippen LogP contribution is -2.21. The number of rotatable bonds is 5. The van der Waals surface area contributed by atoms with E-state index in [4.69, 9.17) is 4.74 Å². The van der Waals surface area contributed by atoms with Crippen LogP contribution < -0.4 is 15.4 Å². The molecule has 0 saturated heterocycles. The second kappa shape index (κ2) is 7.69. The number of alkyl halides is 3. The van der Waals surface area contributed by atoms with Gasteiger partial charge in [-0.1, -0.05) is 12.1 Å². The zero-order valence-corrected chi connectivity index (χ0v) is 13.2. The quantitative estimate of drug-likeness (QED) is 0.807. The van der Waals surface area contributed by atoms with Crippen LogP contribution in [0.15, 0.2) is 48.5 Å². The first-order chi connectivity index (χ1) is 11.8. The third kappa shape index (κ3) is 5.52. The molecule has 5 nitrogen and oxygen atoms in total. The summed E-state index contributed by atoms with van der Waals surface area (Å²) in [6.07, 6.45) is -5.04. The summed E-state index contributed by atoms with van der Waals surface area (Å²) in [6.45, 7) is 0. The molecule has 2 rings (SSSR count). The Bertz CT molecular complexity index is 776. The normalized spacial score (nSPS) is 10.9. The minimum absolute atomic E-state index is 0.0333. The molecule has 0 bridgehead atoms. The monoisotopic (exact) mass is 352 g/mol. The molecule has 2 aromatic rings. The molecule has 2 aromatic carbocycles. The van der Waals surface area contributed by atoms with Crippen LogP contribution in [-0.2, 0) is 15.8 Å². The van der Waals surface area contributed by atoms with Gasteiger partial charge in [0.15, 0.2) is 0 Å². The van der Waals surface area contributed by atoms with Gasteiger partial charge in [-0.25, -0.2) is 0 Å². The third-order valence-corrected chi connectivity index (χ3v) is 3.15. The van der Waals surface area contributed by atoms with Gasteiger partial charge in [-0.15, -0.1) is 0 Å². The van der Waals surface area contributed by atoms with E-state index in [1.54, 1.807) is 24.3 Å². The van der Waals surface area contributed by atoms with Crippen molar-refractivity contribution in [1.82, 2.24) is 0 Å². The number of amides is 2. The third-order valence-electron chi connectivity index (χ3n) is 3.15. The molecule has 0 atom stereocenters. The standard InChI is InChI=1S/C17H15F3N2O3/c1-25-14-7-3-6-13(9-14)22-16(24)10-15(23)21-12-5-2-4-11(8-12)17(18,19)20/h2-9H,10H2,1H3,(H,21,23)(H,22,24). The summed E-state index contributed by atoms with van der Waals surface area (Å²) in [6, 6.07) is 10.7. The van der Waals surface area contributed by atoms with Gasteiger partial charge in [0.05, 0.1) is 12.7 Å². The lowest BCUT2D eigenvalue weighted by Gasteiger charge is -2.10. The van der Waals surface area contributed by atoms with Crippen LogP contribution in [-0.4, -0.2) is 18.9 Å². The van der Waals surface area contributed by atoms with Gasteiger partial charge in [-0.3, -0.25) is 9.59 Å². The highest BCUT2D eigenvalue weighted by molar-refractivity contribution is 6.08. The van der Waals surface area contributed by atoms with Gasteiger partial charge in [0, 0.05) is 17.4 Å². The van der Waals surface area contributed by atoms with Crippen LogP contribution in [0.5, 0.6) is 5.75 Å². The number of methoxy groups -OCH3 is 1. The van der Waals surface area contributed by atoms with E-state index >= 15 is 0 Å². The molecule has 0 aliphatic carbocycles. The number of nitrogens with one attached hydrogen (secondary N) is 2. The lowest BCUT2D eigenvalue weighted by molar-refractivity contribution is -0.137. The molecule has 0 spiro atoms. The zero-order chi connectivity index (χ0) is 18.4. The number of hydrogen-bond acceptors (Lipinski definition) is 3.